The number of carbonyl (C=O) groups is 1. The van der Waals surface area contributed by atoms with Crippen LogP contribution in [0.5, 0.6) is 0 Å². The van der Waals surface area contributed by atoms with Crippen LogP contribution in [0.25, 0.3) is 11.4 Å². The highest BCUT2D eigenvalue weighted by Gasteiger charge is 2.07. The standard InChI is InChI=1S/C22H17FN6O/c23-20-8-4-5-17(13-20)14-24-26-22(30)19-11-9-16(10-12-19)15-29-27-21(25-28-29)18-6-2-1-3-7-18/h1-14H,15H2,(H,26,30)/b24-14-. The van der Waals surface area contributed by atoms with E-state index in [2.05, 4.69) is 25.9 Å². The van der Waals surface area contributed by atoms with Gasteiger partial charge >= 0.3 is 0 Å². The highest BCUT2D eigenvalue weighted by atomic mass is 19.1. The number of aromatic nitrogens is 4. The van der Waals surface area contributed by atoms with Crippen LogP contribution >= 0.6 is 0 Å². The molecule has 0 radical (unpaired) electrons. The Balaban J connectivity index is 1.36. The molecule has 0 unspecified atom stereocenters. The van der Waals surface area contributed by atoms with Gasteiger partial charge < -0.3 is 0 Å². The summed E-state index contributed by atoms with van der Waals surface area (Å²) in [6.45, 7) is 0.430. The van der Waals surface area contributed by atoms with Crippen LogP contribution in [0.15, 0.2) is 84.0 Å². The number of halogens is 1. The molecule has 0 aliphatic carbocycles. The molecular formula is C22H17FN6O. The van der Waals surface area contributed by atoms with Gasteiger partial charge in [0.1, 0.15) is 5.82 Å². The Bertz CT molecular complexity index is 1170. The van der Waals surface area contributed by atoms with Crippen molar-refractivity contribution in [3.05, 3.63) is 101 Å². The van der Waals surface area contributed by atoms with E-state index in [-0.39, 0.29) is 11.7 Å². The van der Waals surface area contributed by atoms with Crippen LogP contribution in [-0.4, -0.2) is 32.3 Å². The molecule has 1 heterocycles. The van der Waals surface area contributed by atoms with Crippen molar-refractivity contribution in [3.63, 3.8) is 0 Å². The fourth-order valence-corrected chi connectivity index (χ4v) is 2.75. The second-order valence-electron chi connectivity index (χ2n) is 6.46. The third-order valence-corrected chi connectivity index (χ3v) is 4.25. The number of hydrogen-bond donors (Lipinski definition) is 1. The second kappa shape index (κ2) is 8.87. The zero-order valence-electron chi connectivity index (χ0n) is 15.8. The summed E-state index contributed by atoms with van der Waals surface area (Å²) in [5.74, 6) is -0.166. The Morgan fingerprint density at radius 2 is 1.83 bits per heavy atom. The first kappa shape index (κ1) is 19.1. The van der Waals surface area contributed by atoms with Gasteiger partial charge in [0, 0.05) is 11.1 Å². The molecule has 0 saturated carbocycles. The van der Waals surface area contributed by atoms with E-state index in [0.29, 0.717) is 23.5 Å². The van der Waals surface area contributed by atoms with Crippen LogP contribution in [0.1, 0.15) is 21.5 Å². The molecule has 30 heavy (non-hydrogen) atoms. The Morgan fingerprint density at radius 3 is 2.60 bits per heavy atom. The predicted octanol–water partition coefficient (Wildman–Crippen LogP) is 3.29. The van der Waals surface area contributed by atoms with Crippen molar-refractivity contribution < 1.29 is 9.18 Å². The summed E-state index contributed by atoms with van der Waals surface area (Å²) in [5, 5.41) is 16.4. The Kier molecular flexibility index (Phi) is 5.66. The predicted molar refractivity (Wildman–Crippen MR) is 110 cm³/mol. The SMILES string of the molecule is O=C(N/N=C\c1cccc(F)c1)c1ccc(Cn2nnc(-c3ccccc3)n2)cc1. The fourth-order valence-electron chi connectivity index (χ4n) is 2.75. The molecule has 0 aliphatic heterocycles. The lowest BCUT2D eigenvalue weighted by Crippen LogP contribution is -2.17. The molecule has 0 spiro atoms. The van der Waals surface area contributed by atoms with Gasteiger partial charge in [0.15, 0.2) is 0 Å². The highest BCUT2D eigenvalue weighted by Crippen LogP contribution is 2.12. The molecule has 1 aromatic heterocycles. The first-order chi connectivity index (χ1) is 14.7. The molecule has 0 aliphatic rings. The highest BCUT2D eigenvalue weighted by molar-refractivity contribution is 5.94. The largest absolute Gasteiger partial charge is 0.271 e. The number of tetrazole rings is 1. The van der Waals surface area contributed by atoms with Crippen molar-refractivity contribution >= 4 is 12.1 Å². The summed E-state index contributed by atoms with van der Waals surface area (Å²) in [7, 11) is 0. The fraction of sp³-hybridized carbons (Fsp3) is 0.0455. The van der Waals surface area contributed by atoms with Crippen molar-refractivity contribution in [1.82, 2.24) is 25.6 Å². The average molecular weight is 400 g/mol. The summed E-state index contributed by atoms with van der Waals surface area (Å²) in [5.41, 5.74) is 5.25. The minimum atomic E-state index is -0.362. The van der Waals surface area contributed by atoms with Gasteiger partial charge in [-0.2, -0.15) is 9.90 Å². The van der Waals surface area contributed by atoms with E-state index < -0.39 is 0 Å². The van der Waals surface area contributed by atoms with E-state index in [1.807, 2.05) is 42.5 Å². The molecule has 7 nitrogen and oxygen atoms in total. The molecule has 3 aromatic carbocycles. The van der Waals surface area contributed by atoms with E-state index in [9.17, 15) is 9.18 Å². The van der Waals surface area contributed by atoms with E-state index >= 15 is 0 Å². The van der Waals surface area contributed by atoms with Gasteiger partial charge in [-0.25, -0.2) is 9.82 Å². The van der Waals surface area contributed by atoms with Crippen molar-refractivity contribution in [3.8, 4) is 11.4 Å². The Hall–Kier alpha value is -4.20. The third kappa shape index (κ3) is 4.79. The van der Waals surface area contributed by atoms with Crippen LogP contribution in [0.4, 0.5) is 4.39 Å². The normalized spacial score (nSPS) is 11.0. The number of carbonyl (C=O) groups excluding carboxylic acids is 1. The van der Waals surface area contributed by atoms with E-state index in [0.717, 1.165) is 11.1 Å². The first-order valence-corrected chi connectivity index (χ1v) is 9.18. The number of rotatable bonds is 6. The summed E-state index contributed by atoms with van der Waals surface area (Å²) in [4.78, 5) is 13.7. The van der Waals surface area contributed by atoms with Crippen LogP contribution in [0, 0.1) is 5.82 Å². The third-order valence-electron chi connectivity index (χ3n) is 4.25. The molecule has 0 atom stereocenters. The maximum Gasteiger partial charge on any atom is 0.271 e. The van der Waals surface area contributed by atoms with Crippen molar-refractivity contribution in [2.75, 3.05) is 0 Å². The van der Waals surface area contributed by atoms with Gasteiger partial charge in [-0.15, -0.1) is 10.2 Å². The molecule has 0 fully saturated rings. The first-order valence-electron chi connectivity index (χ1n) is 9.18. The van der Waals surface area contributed by atoms with Crippen molar-refractivity contribution in [1.29, 1.82) is 0 Å². The quantitative estimate of drug-likeness (QED) is 0.398. The zero-order valence-corrected chi connectivity index (χ0v) is 15.8. The van der Waals surface area contributed by atoms with Gasteiger partial charge in [-0.1, -0.05) is 54.6 Å². The smallest absolute Gasteiger partial charge is 0.267 e. The molecule has 148 valence electrons. The van der Waals surface area contributed by atoms with E-state index in [1.54, 1.807) is 24.3 Å². The minimum absolute atomic E-state index is 0.362. The van der Waals surface area contributed by atoms with Gasteiger partial charge in [-0.05, 0) is 40.6 Å². The number of nitrogens with zero attached hydrogens (tertiary/aromatic N) is 5. The lowest BCUT2D eigenvalue weighted by molar-refractivity contribution is 0.0955. The molecule has 0 bridgehead atoms. The summed E-state index contributed by atoms with van der Waals surface area (Å²) in [6.07, 6.45) is 1.38. The number of benzene rings is 3. The Labute approximate surface area is 171 Å². The molecule has 4 aromatic rings. The maximum atomic E-state index is 13.1. The number of hydrogen-bond acceptors (Lipinski definition) is 5. The van der Waals surface area contributed by atoms with E-state index in [4.69, 9.17) is 0 Å². The summed E-state index contributed by atoms with van der Waals surface area (Å²) in [6, 6.07) is 22.6. The molecule has 4 rings (SSSR count). The average Bonchev–Trinajstić information content (AvgIpc) is 3.23. The van der Waals surface area contributed by atoms with Crippen LogP contribution < -0.4 is 5.43 Å². The number of hydrazone groups is 1. The van der Waals surface area contributed by atoms with Crippen molar-refractivity contribution in [2.24, 2.45) is 5.10 Å². The lowest BCUT2D eigenvalue weighted by atomic mass is 10.1. The number of nitrogens with one attached hydrogen (secondary N) is 1. The second-order valence-corrected chi connectivity index (χ2v) is 6.46. The minimum Gasteiger partial charge on any atom is -0.267 e. The summed E-state index contributed by atoms with van der Waals surface area (Å²) < 4.78 is 13.1. The van der Waals surface area contributed by atoms with Gasteiger partial charge in [-0.3, -0.25) is 4.79 Å². The van der Waals surface area contributed by atoms with Gasteiger partial charge in [0.25, 0.3) is 5.91 Å². The van der Waals surface area contributed by atoms with Gasteiger partial charge in [0.05, 0.1) is 12.8 Å². The topological polar surface area (TPSA) is 85.1 Å². The number of amides is 1. The maximum absolute atomic E-state index is 13.1. The Morgan fingerprint density at radius 1 is 1.03 bits per heavy atom. The monoisotopic (exact) mass is 400 g/mol. The molecule has 1 amide bonds. The summed E-state index contributed by atoms with van der Waals surface area (Å²) >= 11 is 0. The zero-order chi connectivity index (χ0) is 20.8. The van der Waals surface area contributed by atoms with E-state index in [1.165, 1.54) is 23.1 Å². The molecule has 1 N–H and O–H groups in total. The lowest BCUT2D eigenvalue weighted by Gasteiger charge is -2.03. The molecule has 8 heteroatoms. The van der Waals surface area contributed by atoms with Crippen LogP contribution in [-0.2, 0) is 6.54 Å². The molecular weight excluding hydrogens is 383 g/mol. The van der Waals surface area contributed by atoms with Crippen molar-refractivity contribution in [2.45, 2.75) is 6.54 Å². The molecule has 0 saturated heterocycles. The van der Waals surface area contributed by atoms with Crippen LogP contribution in [0.3, 0.4) is 0 Å². The van der Waals surface area contributed by atoms with Gasteiger partial charge in [0.2, 0.25) is 5.82 Å². The van der Waals surface area contributed by atoms with Crippen LogP contribution in [0.2, 0.25) is 0 Å².